The number of aliphatic hydroxyl groups excluding tert-OH is 1. The van der Waals surface area contributed by atoms with Gasteiger partial charge in [-0.1, -0.05) is 18.5 Å². The van der Waals surface area contributed by atoms with Gasteiger partial charge in [-0.2, -0.15) is 5.10 Å². The van der Waals surface area contributed by atoms with Gasteiger partial charge in [-0.15, -0.1) is 11.3 Å². The first-order valence-corrected chi connectivity index (χ1v) is 6.70. The van der Waals surface area contributed by atoms with Crippen LogP contribution in [-0.2, 0) is 6.54 Å². The van der Waals surface area contributed by atoms with Crippen molar-refractivity contribution in [1.82, 2.24) is 14.8 Å². The molecule has 0 spiro atoms. The lowest BCUT2D eigenvalue weighted by Gasteiger charge is -2.11. The Labute approximate surface area is 109 Å². The Morgan fingerprint density at radius 1 is 1.59 bits per heavy atom. The predicted octanol–water partition coefficient (Wildman–Crippen LogP) is 2.79. The van der Waals surface area contributed by atoms with Crippen molar-refractivity contribution in [3.63, 3.8) is 0 Å². The topological polar surface area (TPSA) is 50.9 Å². The van der Waals surface area contributed by atoms with Crippen LogP contribution in [0.5, 0.6) is 0 Å². The molecular formula is C11H14ClN3OS. The van der Waals surface area contributed by atoms with Crippen LogP contribution in [0.15, 0.2) is 11.6 Å². The third-order valence-electron chi connectivity index (χ3n) is 2.44. The van der Waals surface area contributed by atoms with Crippen LogP contribution in [0.3, 0.4) is 0 Å². The number of aromatic nitrogens is 3. The average molecular weight is 272 g/mol. The van der Waals surface area contributed by atoms with Gasteiger partial charge in [0.1, 0.15) is 6.10 Å². The van der Waals surface area contributed by atoms with E-state index in [1.807, 2.05) is 12.3 Å². The molecule has 0 saturated carbocycles. The first-order valence-electron chi connectivity index (χ1n) is 5.44. The smallest absolute Gasteiger partial charge is 0.140 e. The lowest BCUT2D eigenvalue weighted by molar-refractivity contribution is 0.203. The largest absolute Gasteiger partial charge is 0.380 e. The second-order valence-electron chi connectivity index (χ2n) is 3.79. The number of aliphatic hydroxyl groups is 1. The first kappa shape index (κ1) is 12.5. The van der Waals surface area contributed by atoms with E-state index in [-0.39, 0.29) is 0 Å². The van der Waals surface area contributed by atoms with Crippen LogP contribution in [0.25, 0.3) is 0 Å². The van der Waals surface area contributed by atoms with E-state index in [1.54, 1.807) is 10.9 Å². The van der Waals surface area contributed by atoms with Crippen LogP contribution in [0.2, 0.25) is 5.02 Å². The van der Waals surface area contributed by atoms with Crippen LogP contribution >= 0.6 is 22.9 Å². The second-order valence-corrected chi connectivity index (χ2v) is 5.26. The van der Waals surface area contributed by atoms with Crippen molar-refractivity contribution in [2.24, 2.45) is 0 Å². The molecule has 2 aromatic heterocycles. The molecule has 2 rings (SSSR count). The van der Waals surface area contributed by atoms with Crippen LogP contribution in [-0.4, -0.2) is 19.9 Å². The zero-order chi connectivity index (χ0) is 12.4. The molecule has 1 N–H and O–H groups in total. The summed E-state index contributed by atoms with van der Waals surface area (Å²) < 4.78 is 1.74. The van der Waals surface area contributed by atoms with E-state index in [9.17, 15) is 5.11 Å². The summed E-state index contributed by atoms with van der Waals surface area (Å²) in [6.07, 6.45) is 1.70. The van der Waals surface area contributed by atoms with Crippen molar-refractivity contribution in [3.8, 4) is 0 Å². The highest BCUT2D eigenvalue weighted by Crippen LogP contribution is 2.28. The summed E-state index contributed by atoms with van der Waals surface area (Å²) >= 11 is 7.58. The van der Waals surface area contributed by atoms with Crippen molar-refractivity contribution in [2.75, 3.05) is 0 Å². The minimum atomic E-state index is -0.804. The van der Waals surface area contributed by atoms with Gasteiger partial charge in [0, 0.05) is 11.9 Å². The van der Waals surface area contributed by atoms with Gasteiger partial charge in [0.05, 0.1) is 27.6 Å². The normalized spacial score (nSPS) is 12.9. The molecule has 0 aliphatic rings. The van der Waals surface area contributed by atoms with Crippen molar-refractivity contribution < 1.29 is 5.11 Å². The molecule has 6 heteroatoms. The highest BCUT2D eigenvalue weighted by Gasteiger charge is 2.21. The van der Waals surface area contributed by atoms with E-state index in [4.69, 9.17) is 11.6 Å². The highest BCUT2D eigenvalue weighted by atomic mass is 35.5. The second kappa shape index (κ2) is 5.16. The molecule has 2 heterocycles. The zero-order valence-electron chi connectivity index (χ0n) is 9.72. The van der Waals surface area contributed by atoms with Gasteiger partial charge in [0.2, 0.25) is 0 Å². The van der Waals surface area contributed by atoms with E-state index < -0.39 is 6.10 Å². The van der Waals surface area contributed by atoms with Crippen LogP contribution in [0, 0.1) is 6.92 Å². The monoisotopic (exact) mass is 271 g/mol. The maximum atomic E-state index is 10.3. The third kappa shape index (κ3) is 2.51. The number of hydrogen-bond acceptors (Lipinski definition) is 4. The van der Waals surface area contributed by atoms with E-state index in [2.05, 4.69) is 17.0 Å². The lowest BCUT2D eigenvalue weighted by atomic mass is 10.2. The Morgan fingerprint density at radius 3 is 2.94 bits per heavy atom. The highest BCUT2D eigenvalue weighted by molar-refractivity contribution is 7.09. The summed E-state index contributed by atoms with van der Waals surface area (Å²) in [6.45, 7) is 4.70. The van der Waals surface area contributed by atoms with E-state index in [0.29, 0.717) is 16.4 Å². The first-order chi connectivity index (χ1) is 8.13. The van der Waals surface area contributed by atoms with E-state index in [0.717, 1.165) is 18.0 Å². The molecule has 0 amide bonds. The Balaban J connectivity index is 2.35. The van der Waals surface area contributed by atoms with Crippen LogP contribution in [0.4, 0.5) is 0 Å². The van der Waals surface area contributed by atoms with Gasteiger partial charge in [0.15, 0.2) is 0 Å². The third-order valence-corrected chi connectivity index (χ3v) is 3.53. The summed E-state index contributed by atoms with van der Waals surface area (Å²) in [7, 11) is 0. The van der Waals surface area contributed by atoms with Crippen molar-refractivity contribution in [1.29, 1.82) is 0 Å². The maximum absolute atomic E-state index is 10.3. The average Bonchev–Trinajstić information content (AvgIpc) is 2.86. The van der Waals surface area contributed by atoms with Crippen LogP contribution in [0.1, 0.15) is 35.8 Å². The fraction of sp³-hybridized carbons (Fsp3) is 0.455. The number of aryl methyl sites for hydroxylation is 2. The minimum absolute atomic E-state index is 0.483. The zero-order valence-corrected chi connectivity index (χ0v) is 11.3. The molecule has 0 radical (unpaired) electrons. The molecular weight excluding hydrogens is 258 g/mol. The number of nitrogens with zero attached hydrogens (tertiary/aromatic N) is 3. The molecule has 4 nitrogen and oxygen atoms in total. The number of halogens is 1. The van der Waals surface area contributed by atoms with Crippen molar-refractivity contribution in [3.05, 3.63) is 33.0 Å². The van der Waals surface area contributed by atoms with Gasteiger partial charge in [-0.25, -0.2) is 4.98 Å². The molecule has 0 fully saturated rings. The Kier molecular flexibility index (Phi) is 3.81. The molecule has 1 atom stereocenters. The molecule has 0 bridgehead atoms. The summed E-state index contributed by atoms with van der Waals surface area (Å²) in [6, 6.07) is 0. The summed E-state index contributed by atoms with van der Waals surface area (Å²) in [5.74, 6) is 0. The SMILES string of the molecule is CCCn1ncc(Cl)c1C(O)c1csc(C)n1. The fourth-order valence-electron chi connectivity index (χ4n) is 1.68. The number of thiazole rings is 1. The summed E-state index contributed by atoms with van der Waals surface area (Å²) in [4.78, 5) is 4.28. The van der Waals surface area contributed by atoms with Gasteiger partial charge in [-0.3, -0.25) is 4.68 Å². The fourth-order valence-corrected chi connectivity index (χ4v) is 2.56. The van der Waals surface area contributed by atoms with E-state index >= 15 is 0 Å². The number of hydrogen-bond donors (Lipinski definition) is 1. The van der Waals surface area contributed by atoms with Crippen molar-refractivity contribution >= 4 is 22.9 Å². The van der Waals surface area contributed by atoms with Crippen molar-refractivity contribution in [2.45, 2.75) is 32.9 Å². The predicted molar refractivity (Wildman–Crippen MR) is 68.4 cm³/mol. The van der Waals surface area contributed by atoms with Gasteiger partial charge in [-0.05, 0) is 13.3 Å². The van der Waals surface area contributed by atoms with Gasteiger partial charge >= 0.3 is 0 Å². The Hall–Kier alpha value is -0.910. The molecule has 0 saturated heterocycles. The van der Waals surface area contributed by atoms with E-state index in [1.165, 1.54) is 11.3 Å². The quantitative estimate of drug-likeness (QED) is 0.930. The molecule has 17 heavy (non-hydrogen) atoms. The van der Waals surface area contributed by atoms with Gasteiger partial charge < -0.3 is 5.11 Å². The number of rotatable bonds is 4. The molecule has 2 aromatic rings. The summed E-state index contributed by atoms with van der Waals surface area (Å²) in [5.41, 5.74) is 1.26. The van der Waals surface area contributed by atoms with Gasteiger partial charge in [0.25, 0.3) is 0 Å². The molecule has 0 aromatic carbocycles. The Bertz CT molecular complexity index is 509. The van der Waals surface area contributed by atoms with Crippen LogP contribution < -0.4 is 0 Å². The standard InChI is InChI=1S/C11H14ClN3OS/c1-3-4-15-10(8(12)5-13-15)11(16)9-6-17-7(2)14-9/h5-6,11,16H,3-4H2,1-2H3. The molecule has 92 valence electrons. The lowest BCUT2D eigenvalue weighted by Crippen LogP contribution is -2.10. The summed E-state index contributed by atoms with van der Waals surface area (Å²) in [5, 5.41) is 17.7. The maximum Gasteiger partial charge on any atom is 0.140 e. The molecule has 0 aliphatic heterocycles. The molecule has 0 aliphatic carbocycles. The Morgan fingerprint density at radius 2 is 2.35 bits per heavy atom. The molecule has 1 unspecified atom stereocenters. The minimum Gasteiger partial charge on any atom is -0.380 e.